The summed E-state index contributed by atoms with van der Waals surface area (Å²) in [6, 6.07) is 9.45. The van der Waals surface area contributed by atoms with Crippen molar-refractivity contribution in [1.82, 2.24) is 10.3 Å². The van der Waals surface area contributed by atoms with Crippen molar-refractivity contribution in [2.45, 2.75) is 25.2 Å². The number of likely N-dealkylation sites (N-methyl/N-ethyl adjacent to an activating group) is 1. The summed E-state index contributed by atoms with van der Waals surface area (Å²) >= 11 is 1.59. The van der Waals surface area contributed by atoms with E-state index in [0.717, 1.165) is 27.5 Å². The number of aliphatic hydroxyl groups is 1. The number of aliphatic imine (C=N–C) groups is 1. The van der Waals surface area contributed by atoms with Crippen LogP contribution in [0.5, 0.6) is 0 Å². The van der Waals surface area contributed by atoms with Crippen molar-refractivity contribution in [3.8, 4) is 11.8 Å². The van der Waals surface area contributed by atoms with Crippen molar-refractivity contribution in [1.29, 1.82) is 0 Å². The molecule has 4 rings (SSSR count). The molecule has 0 amide bonds. The zero-order valence-electron chi connectivity index (χ0n) is 15.5. The van der Waals surface area contributed by atoms with Crippen LogP contribution < -0.4 is 10.6 Å². The summed E-state index contributed by atoms with van der Waals surface area (Å²) in [5, 5.41) is 18.1. The lowest BCUT2D eigenvalue weighted by Crippen LogP contribution is -2.38. The maximum Gasteiger partial charge on any atom is 0.152 e. The van der Waals surface area contributed by atoms with Gasteiger partial charge in [-0.05, 0) is 44.3 Å². The molecule has 6 nitrogen and oxygen atoms in total. The molecule has 0 saturated heterocycles. The van der Waals surface area contributed by atoms with Crippen molar-refractivity contribution in [3.05, 3.63) is 69.9 Å². The van der Waals surface area contributed by atoms with Gasteiger partial charge < -0.3 is 14.8 Å². The predicted octanol–water partition coefficient (Wildman–Crippen LogP) is 3.02. The van der Waals surface area contributed by atoms with Crippen molar-refractivity contribution < 1.29 is 9.52 Å². The molecule has 1 aliphatic heterocycles. The van der Waals surface area contributed by atoms with Gasteiger partial charge in [-0.25, -0.2) is 4.98 Å². The Morgan fingerprint density at radius 3 is 3.00 bits per heavy atom. The molecule has 3 aromatic rings. The first kappa shape index (κ1) is 18.4. The van der Waals surface area contributed by atoms with E-state index in [9.17, 15) is 5.11 Å². The third kappa shape index (κ3) is 3.71. The van der Waals surface area contributed by atoms with Crippen molar-refractivity contribution in [2.24, 2.45) is 4.99 Å². The smallest absolute Gasteiger partial charge is 0.152 e. The number of anilines is 1. The van der Waals surface area contributed by atoms with Gasteiger partial charge in [0.25, 0.3) is 0 Å². The Bertz CT molecular complexity index is 1040. The molecule has 1 aliphatic rings. The summed E-state index contributed by atoms with van der Waals surface area (Å²) in [7, 11) is 1.89. The molecule has 3 aromatic heterocycles. The first-order valence-corrected chi connectivity index (χ1v) is 9.82. The molecule has 3 atom stereocenters. The highest BCUT2D eigenvalue weighted by atomic mass is 32.1. The van der Waals surface area contributed by atoms with Gasteiger partial charge in [-0.3, -0.25) is 10.3 Å². The number of furan rings is 1. The molecule has 142 valence electrons. The quantitative estimate of drug-likeness (QED) is 0.597. The first-order chi connectivity index (χ1) is 13.7. The number of hydrogen-bond acceptors (Lipinski definition) is 7. The Morgan fingerprint density at radius 2 is 2.25 bits per heavy atom. The molecule has 0 radical (unpaired) electrons. The highest BCUT2D eigenvalue weighted by Crippen LogP contribution is 2.33. The Labute approximate surface area is 167 Å². The van der Waals surface area contributed by atoms with Gasteiger partial charge in [-0.15, -0.1) is 11.3 Å². The molecule has 0 aliphatic carbocycles. The summed E-state index contributed by atoms with van der Waals surface area (Å²) in [5.74, 6) is 7.23. The summed E-state index contributed by atoms with van der Waals surface area (Å²) in [6.45, 7) is 1.65. The zero-order chi connectivity index (χ0) is 19.5. The van der Waals surface area contributed by atoms with E-state index in [1.165, 1.54) is 0 Å². The lowest BCUT2D eigenvalue weighted by atomic mass is 10.1. The van der Waals surface area contributed by atoms with Crippen LogP contribution in [0.15, 0.2) is 57.6 Å². The first-order valence-electron chi connectivity index (χ1n) is 8.94. The Morgan fingerprint density at radius 1 is 1.36 bits per heavy atom. The number of aliphatic hydroxyl groups excluding tert-OH is 1. The fourth-order valence-electron chi connectivity index (χ4n) is 3.05. The molecule has 0 spiro atoms. The van der Waals surface area contributed by atoms with Crippen LogP contribution in [0.4, 0.5) is 5.82 Å². The maximum atomic E-state index is 9.40. The molecule has 28 heavy (non-hydrogen) atoms. The summed E-state index contributed by atoms with van der Waals surface area (Å²) in [6.07, 6.45) is 2.59. The molecule has 0 saturated carbocycles. The normalized spacial score (nSPS) is 19.5. The van der Waals surface area contributed by atoms with E-state index < -0.39 is 6.10 Å². The molecule has 0 bridgehead atoms. The van der Waals surface area contributed by atoms with Crippen molar-refractivity contribution in [3.63, 3.8) is 0 Å². The van der Waals surface area contributed by atoms with E-state index in [4.69, 9.17) is 9.41 Å². The average Bonchev–Trinajstić information content (AvgIpc) is 3.36. The number of pyridine rings is 1. The molecule has 3 N–H and O–H groups in total. The second-order valence-corrected chi connectivity index (χ2v) is 7.34. The van der Waals surface area contributed by atoms with E-state index in [1.807, 2.05) is 42.8 Å². The minimum atomic E-state index is -0.655. The molecular formula is C21H20N4O2S. The van der Waals surface area contributed by atoms with E-state index >= 15 is 0 Å². The number of nitrogens with zero attached hydrogens (tertiary/aromatic N) is 2. The minimum Gasteiger partial charge on any atom is -0.463 e. The zero-order valence-corrected chi connectivity index (χ0v) is 16.3. The van der Waals surface area contributed by atoms with Gasteiger partial charge in [0.2, 0.25) is 0 Å². The SMILES string of the molecule is CNC1Nc2ncccc2C(c2ccco2)=NC1c1cc(C#CC(C)O)cs1. The Kier molecular flexibility index (Phi) is 5.26. The van der Waals surface area contributed by atoms with Crippen molar-refractivity contribution >= 4 is 22.9 Å². The third-order valence-corrected chi connectivity index (χ3v) is 5.34. The summed E-state index contributed by atoms with van der Waals surface area (Å²) in [5.41, 5.74) is 2.52. The van der Waals surface area contributed by atoms with Gasteiger partial charge in [0.1, 0.15) is 29.8 Å². The Balaban J connectivity index is 1.80. The fourth-order valence-corrected chi connectivity index (χ4v) is 3.96. The molecule has 7 heteroatoms. The third-order valence-electron chi connectivity index (χ3n) is 4.34. The van der Waals surface area contributed by atoms with Gasteiger partial charge in [-0.1, -0.05) is 11.8 Å². The fraction of sp³-hybridized carbons (Fsp3) is 0.238. The molecule has 4 heterocycles. The second-order valence-electron chi connectivity index (χ2n) is 6.39. The highest BCUT2D eigenvalue weighted by Gasteiger charge is 2.30. The number of hydrogen-bond donors (Lipinski definition) is 3. The average molecular weight is 392 g/mol. The monoisotopic (exact) mass is 392 g/mol. The van der Waals surface area contributed by atoms with Gasteiger partial charge in [0.15, 0.2) is 5.76 Å². The highest BCUT2D eigenvalue weighted by molar-refractivity contribution is 7.10. The number of rotatable bonds is 3. The largest absolute Gasteiger partial charge is 0.463 e. The predicted molar refractivity (Wildman–Crippen MR) is 111 cm³/mol. The van der Waals surface area contributed by atoms with Crippen LogP contribution in [0.2, 0.25) is 0 Å². The molecule has 3 unspecified atom stereocenters. The van der Waals surface area contributed by atoms with Gasteiger partial charge in [0.05, 0.1) is 6.26 Å². The van der Waals surface area contributed by atoms with Gasteiger partial charge >= 0.3 is 0 Å². The van der Waals surface area contributed by atoms with E-state index in [-0.39, 0.29) is 12.2 Å². The topological polar surface area (TPSA) is 82.7 Å². The Hall–Kier alpha value is -2.92. The van der Waals surface area contributed by atoms with Crippen LogP contribution in [0.1, 0.15) is 34.7 Å². The van der Waals surface area contributed by atoms with E-state index in [0.29, 0.717) is 5.76 Å². The second kappa shape index (κ2) is 7.98. The maximum absolute atomic E-state index is 9.40. The number of thiophene rings is 1. The lowest BCUT2D eigenvalue weighted by molar-refractivity contribution is 0.253. The van der Waals surface area contributed by atoms with Crippen LogP contribution in [0, 0.1) is 11.8 Å². The van der Waals surface area contributed by atoms with Crippen LogP contribution >= 0.6 is 11.3 Å². The molecule has 0 fully saturated rings. The molecule has 0 aromatic carbocycles. The van der Waals surface area contributed by atoms with E-state index in [2.05, 4.69) is 27.5 Å². The summed E-state index contributed by atoms with van der Waals surface area (Å²) < 4.78 is 5.66. The van der Waals surface area contributed by atoms with E-state index in [1.54, 1.807) is 30.7 Å². The lowest BCUT2D eigenvalue weighted by Gasteiger charge is -2.22. The van der Waals surface area contributed by atoms with Crippen LogP contribution in [0.25, 0.3) is 0 Å². The van der Waals surface area contributed by atoms with Crippen LogP contribution in [0.3, 0.4) is 0 Å². The van der Waals surface area contributed by atoms with Crippen LogP contribution in [-0.2, 0) is 0 Å². The minimum absolute atomic E-state index is 0.155. The van der Waals surface area contributed by atoms with Gasteiger partial charge in [0, 0.05) is 27.6 Å². The number of fused-ring (bicyclic) bond motifs is 1. The number of nitrogens with one attached hydrogen (secondary N) is 2. The standard InChI is InChI=1S/C21H20N4O2S/c1-13(26)7-8-14-11-17(28-12-14)19-21(22-2)25-20-15(5-3-9-23-20)18(24-19)16-6-4-10-27-16/h3-6,9-13,19,21-22,26H,1-2H3,(H,23,25). The number of aromatic nitrogens is 1. The summed E-state index contributed by atoms with van der Waals surface area (Å²) in [4.78, 5) is 10.6. The van der Waals surface area contributed by atoms with Crippen LogP contribution in [-0.4, -0.2) is 35.1 Å². The molecular weight excluding hydrogens is 372 g/mol. The van der Waals surface area contributed by atoms with Crippen molar-refractivity contribution in [2.75, 3.05) is 12.4 Å². The van der Waals surface area contributed by atoms with Gasteiger partial charge in [-0.2, -0.15) is 0 Å².